The summed E-state index contributed by atoms with van der Waals surface area (Å²) in [5.41, 5.74) is 0. The molecule has 105 heavy (non-hydrogen) atoms. The SMILES string of the molecule is CCCCCCCCCCCCCCCCCCC(=O)OC[C@H](COP(=O)(O)OC[C@@H](O)COP(=O)(O)OC[C@@H](COC(=O)CCCCCCCCCCC(C)C)OC(=O)CCCCCCCCCCCCCCCCCC)OC(=O)CCCCCCCCCCCCCCCCCCCCC(C)CC. The van der Waals surface area contributed by atoms with E-state index >= 15 is 0 Å². The van der Waals surface area contributed by atoms with Crippen LogP contribution in [0.25, 0.3) is 0 Å². The Morgan fingerprint density at radius 3 is 0.724 bits per heavy atom. The summed E-state index contributed by atoms with van der Waals surface area (Å²) in [6.45, 7) is 9.71. The van der Waals surface area contributed by atoms with Gasteiger partial charge in [0, 0.05) is 25.7 Å². The van der Waals surface area contributed by atoms with E-state index in [9.17, 15) is 43.2 Å². The van der Waals surface area contributed by atoms with E-state index in [0.29, 0.717) is 25.7 Å². The van der Waals surface area contributed by atoms with Crippen LogP contribution in [0, 0.1) is 11.8 Å². The van der Waals surface area contributed by atoms with Crippen molar-refractivity contribution in [3.8, 4) is 0 Å². The Labute approximate surface area is 645 Å². The molecule has 0 aromatic heterocycles. The molecule has 3 unspecified atom stereocenters. The third-order valence-electron chi connectivity index (χ3n) is 20.6. The van der Waals surface area contributed by atoms with Crippen molar-refractivity contribution >= 4 is 39.5 Å². The first-order valence-electron chi connectivity index (χ1n) is 44.5. The first-order chi connectivity index (χ1) is 50.9. The van der Waals surface area contributed by atoms with Gasteiger partial charge in [0.2, 0.25) is 0 Å². The molecule has 0 amide bonds. The number of rotatable bonds is 85. The largest absolute Gasteiger partial charge is 0.472 e. The van der Waals surface area contributed by atoms with Gasteiger partial charge < -0.3 is 33.8 Å². The number of aliphatic hydroxyl groups excluding tert-OH is 1. The summed E-state index contributed by atoms with van der Waals surface area (Å²) < 4.78 is 68.9. The zero-order valence-electron chi connectivity index (χ0n) is 69.0. The first-order valence-corrected chi connectivity index (χ1v) is 47.5. The molecule has 0 rings (SSSR count). The Morgan fingerprint density at radius 2 is 0.486 bits per heavy atom. The van der Waals surface area contributed by atoms with Crippen LogP contribution in [0.4, 0.5) is 0 Å². The van der Waals surface area contributed by atoms with E-state index in [1.807, 2.05) is 0 Å². The number of carbonyl (C=O) groups excluding carboxylic acids is 4. The highest BCUT2D eigenvalue weighted by molar-refractivity contribution is 7.47. The third-order valence-corrected chi connectivity index (χ3v) is 22.5. The molecule has 624 valence electrons. The molecule has 0 saturated heterocycles. The highest BCUT2D eigenvalue weighted by Gasteiger charge is 2.30. The lowest BCUT2D eigenvalue weighted by Crippen LogP contribution is -2.30. The molecule has 0 aliphatic heterocycles. The van der Waals surface area contributed by atoms with Crippen LogP contribution in [0.5, 0.6) is 0 Å². The molecule has 0 fully saturated rings. The number of hydrogen-bond acceptors (Lipinski definition) is 15. The van der Waals surface area contributed by atoms with Crippen molar-refractivity contribution in [1.29, 1.82) is 0 Å². The van der Waals surface area contributed by atoms with Gasteiger partial charge in [-0.1, -0.05) is 408 Å². The number of hydrogen-bond donors (Lipinski definition) is 3. The minimum atomic E-state index is -4.97. The highest BCUT2D eigenvalue weighted by Crippen LogP contribution is 2.45. The summed E-state index contributed by atoms with van der Waals surface area (Å²) in [4.78, 5) is 73.2. The second kappa shape index (κ2) is 77.4. The van der Waals surface area contributed by atoms with E-state index in [0.717, 1.165) is 102 Å². The summed E-state index contributed by atoms with van der Waals surface area (Å²) in [5, 5.41) is 10.7. The molecule has 3 N–H and O–H groups in total. The molecule has 0 aliphatic carbocycles. The Bertz CT molecular complexity index is 2010. The monoisotopic (exact) mass is 1540 g/mol. The fourth-order valence-corrected chi connectivity index (χ4v) is 15.0. The van der Waals surface area contributed by atoms with E-state index in [2.05, 4.69) is 41.5 Å². The molecule has 0 aromatic rings. The van der Waals surface area contributed by atoms with E-state index in [1.54, 1.807) is 0 Å². The molecular formula is C86H168O17P2. The van der Waals surface area contributed by atoms with Crippen LogP contribution in [0.1, 0.15) is 459 Å². The second-order valence-electron chi connectivity index (χ2n) is 31.6. The predicted molar refractivity (Wildman–Crippen MR) is 432 cm³/mol. The van der Waals surface area contributed by atoms with Crippen molar-refractivity contribution in [3.63, 3.8) is 0 Å². The van der Waals surface area contributed by atoms with Gasteiger partial charge in [0.1, 0.15) is 19.3 Å². The van der Waals surface area contributed by atoms with Crippen molar-refractivity contribution in [2.24, 2.45) is 11.8 Å². The van der Waals surface area contributed by atoms with E-state index in [1.165, 1.54) is 276 Å². The number of phosphoric acid groups is 2. The summed E-state index contributed by atoms with van der Waals surface area (Å²) in [7, 11) is -9.93. The minimum absolute atomic E-state index is 0.108. The van der Waals surface area contributed by atoms with Crippen LogP contribution in [-0.2, 0) is 65.4 Å². The van der Waals surface area contributed by atoms with Crippen LogP contribution >= 0.6 is 15.6 Å². The molecule has 0 aliphatic rings. The Hall–Kier alpha value is -1.94. The Balaban J connectivity index is 5.23. The molecule has 0 saturated carbocycles. The standard InChI is InChI=1S/C86H168O17P2/c1-7-10-12-14-16-18-20-22-24-31-35-39-43-50-56-62-68-83(88)96-74-81(102-85(90)71-65-59-53-45-41-37-33-29-27-26-28-30-34-38-42-49-55-61-67-79(6)9-3)76-100-104(92,93)98-72-80(87)73-99-105(94,95)101-77-82(75-97-84(89)69-63-57-51-47-46-48-54-60-66-78(4)5)103-86(91)70-64-58-52-44-40-36-32-25-23-21-19-17-15-13-11-8-2/h78-82,87H,7-77H2,1-6H3,(H,92,93)(H,94,95)/t79?,80-,81-,82-/m1/s1. The predicted octanol–water partition coefficient (Wildman–Crippen LogP) is 26.2. The van der Waals surface area contributed by atoms with Crippen LogP contribution in [0.2, 0.25) is 0 Å². The fourth-order valence-electron chi connectivity index (χ4n) is 13.4. The van der Waals surface area contributed by atoms with Gasteiger partial charge >= 0.3 is 39.5 Å². The van der Waals surface area contributed by atoms with E-state index in [4.69, 9.17) is 37.0 Å². The van der Waals surface area contributed by atoms with Gasteiger partial charge in [-0.25, -0.2) is 9.13 Å². The maximum atomic E-state index is 13.1. The van der Waals surface area contributed by atoms with E-state index in [-0.39, 0.29) is 25.7 Å². The highest BCUT2D eigenvalue weighted by atomic mass is 31.2. The zero-order chi connectivity index (χ0) is 77.1. The summed E-state index contributed by atoms with van der Waals surface area (Å²) >= 11 is 0. The van der Waals surface area contributed by atoms with Crippen molar-refractivity contribution in [2.45, 2.75) is 477 Å². The number of esters is 4. The molecule has 17 nitrogen and oxygen atoms in total. The first kappa shape index (κ1) is 103. The molecule has 0 aromatic carbocycles. The number of phosphoric ester groups is 2. The maximum absolute atomic E-state index is 13.1. The van der Waals surface area contributed by atoms with Crippen molar-refractivity contribution in [3.05, 3.63) is 0 Å². The number of aliphatic hydroxyl groups is 1. The van der Waals surface area contributed by atoms with E-state index < -0.39 is 97.5 Å². The number of carbonyl (C=O) groups is 4. The molecule has 0 bridgehead atoms. The lowest BCUT2D eigenvalue weighted by atomic mass is 9.99. The fraction of sp³-hybridized carbons (Fsp3) is 0.953. The molecule has 6 atom stereocenters. The molecule has 0 spiro atoms. The average molecular weight is 1540 g/mol. The van der Waals surface area contributed by atoms with Crippen molar-refractivity contribution in [2.75, 3.05) is 39.6 Å². The molecular weight excluding hydrogens is 1370 g/mol. The Kier molecular flexibility index (Phi) is 76.0. The maximum Gasteiger partial charge on any atom is 0.472 e. The Morgan fingerprint density at radius 1 is 0.276 bits per heavy atom. The van der Waals surface area contributed by atoms with Gasteiger partial charge in [-0.3, -0.25) is 37.3 Å². The summed E-state index contributed by atoms with van der Waals surface area (Å²) in [6, 6.07) is 0. The quantitative estimate of drug-likeness (QED) is 0.0222. The van der Waals surface area contributed by atoms with Crippen LogP contribution in [0.3, 0.4) is 0 Å². The third kappa shape index (κ3) is 78.5. The van der Waals surface area contributed by atoms with Gasteiger partial charge in [-0.05, 0) is 37.5 Å². The number of unbranched alkanes of at least 4 members (excludes halogenated alkanes) is 54. The lowest BCUT2D eigenvalue weighted by Gasteiger charge is -2.21. The smallest absolute Gasteiger partial charge is 0.462 e. The lowest BCUT2D eigenvalue weighted by molar-refractivity contribution is -0.161. The second-order valence-corrected chi connectivity index (χ2v) is 34.6. The van der Waals surface area contributed by atoms with Crippen LogP contribution in [-0.4, -0.2) is 96.7 Å². The minimum Gasteiger partial charge on any atom is -0.462 e. The zero-order valence-corrected chi connectivity index (χ0v) is 70.8. The average Bonchev–Trinajstić information content (AvgIpc) is 0.911. The van der Waals surface area contributed by atoms with Gasteiger partial charge in [-0.15, -0.1) is 0 Å². The molecule has 0 radical (unpaired) electrons. The van der Waals surface area contributed by atoms with Crippen molar-refractivity contribution in [1.82, 2.24) is 0 Å². The van der Waals surface area contributed by atoms with Crippen molar-refractivity contribution < 1.29 is 80.2 Å². The topological polar surface area (TPSA) is 237 Å². The number of ether oxygens (including phenoxy) is 4. The van der Waals surface area contributed by atoms with Crippen LogP contribution in [0.15, 0.2) is 0 Å². The summed E-state index contributed by atoms with van der Waals surface area (Å²) in [5.74, 6) is -0.504. The van der Waals surface area contributed by atoms with Gasteiger partial charge in [0.05, 0.1) is 26.4 Å². The summed E-state index contributed by atoms with van der Waals surface area (Å²) in [6.07, 6.45) is 69.4. The normalized spacial score (nSPS) is 14.1. The van der Waals surface area contributed by atoms with Gasteiger partial charge in [0.15, 0.2) is 12.2 Å². The van der Waals surface area contributed by atoms with Gasteiger partial charge in [-0.2, -0.15) is 0 Å². The van der Waals surface area contributed by atoms with Gasteiger partial charge in [0.25, 0.3) is 0 Å². The van der Waals surface area contributed by atoms with Crippen LogP contribution < -0.4 is 0 Å². The molecule has 19 heteroatoms. The molecule has 0 heterocycles.